The van der Waals surface area contributed by atoms with Crippen molar-refractivity contribution in [2.45, 2.75) is 120 Å². The summed E-state index contributed by atoms with van der Waals surface area (Å²) in [7, 11) is 1.42. The van der Waals surface area contributed by atoms with E-state index in [-0.39, 0.29) is 36.8 Å². The minimum atomic E-state index is -1.30. The van der Waals surface area contributed by atoms with Gasteiger partial charge in [-0.1, -0.05) is 6.92 Å². The van der Waals surface area contributed by atoms with Gasteiger partial charge in [-0.15, -0.1) is 0 Å². The molecule has 10 nitrogen and oxygen atoms in total. The largest absolute Gasteiger partial charge is 0.458 e. The van der Waals surface area contributed by atoms with E-state index in [0.717, 1.165) is 18.3 Å². The number of carbonyl (C=O) groups excluding carboxylic acids is 2. The van der Waals surface area contributed by atoms with E-state index in [1.165, 1.54) is 7.11 Å². The molecule has 1 saturated heterocycles. The number of methoxy groups -OCH3 is 1. The lowest BCUT2D eigenvalue weighted by Crippen LogP contribution is -2.69. The third-order valence-corrected chi connectivity index (χ3v) is 12.2. The molecule has 0 aromatic carbocycles. The summed E-state index contributed by atoms with van der Waals surface area (Å²) in [6.07, 6.45) is 2.28. The molecule has 0 aromatic heterocycles. The fraction of sp³-hybridized carbons (Fsp3) is 0.867. The molecular formula is C30H44O10. The Morgan fingerprint density at radius 2 is 1.77 bits per heavy atom. The fourth-order valence-corrected chi connectivity index (χ4v) is 10.0. The SMILES string of the molecule is CO[C@H]1[C@@H](O)[C@@H](C)O[C@@H](O[C@H]2CC[C@]3(C=O)[C@H]4CC[C@]5(C)[C@@H](C6=CC(=O)OC6)CC[C@]5(O)[C@@H]4CC[C@]3(O)C2)[C@@H]1O. The maximum absolute atomic E-state index is 13.0. The van der Waals surface area contributed by atoms with Gasteiger partial charge in [-0.25, -0.2) is 4.79 Å². The molecule has 0 spiro atoms. The number of aliphatic hydroxyl groups excluding tert-OH is 2. The molecule has 6 rings (SSSR count). The third kappa shape index (κ3) is 3.86. The number of carbonyl (C=O) groups is 2. The molecule has 2 aliphatic heterocycles. The molecule has 10 heteroatoms. The predicted octanol–water partition coefficient (Wildman–Crippen LogP) is 1.40. The van der Waals surface area contributed by atoms with Crippen molar-refractivity contribution >= 4 is 12.3 Å². The van der Waals surface area contributed by atoms with Gasteiger partial charge in [0.2, 0.25) is 0 Å². The first-order valence-electron chi connectivity index (χ1n) is 14.9. The molecule has 6 aliphatic rings. The molecule has 13 atom stereocenters. The summed E-state index contributed by atoms with van der Waals surface area (Å²) in [5.41, 5.74) is -2.77. The number of fused-ring (bicyclic) bond motifs is 5. The summed E-state index contributed by atoms with van der Waals surface area (Å²) in [5.74, 6) is -0.563. The van der Waals surface area contributed by atoms with E-state index < -0.39 is 58.8 Å². The number of aliphatic hydroxyl groups is 4. The van der Waals surface area contributed by atoms with Crippen LogP contribution in [0.25, 0.3) is 0 Å². The Labute approximate surface area is 235 Å². The molecule has 0 bridgehead atoms. The molecule has 5 fully saturated rings. The van der Waals surface area contributed by atoms with Gasteiger partial charge < -0.3 is 44.2 Å². The number of ether oxygens (including phenoxy) is 4. The van der Waals surface area contributed by atoms with Crippen LogP contribution < -0.4 is 0 Å². The van der Waals surface area contributed by atoms with Crippen LogP contribution in [-0.2, 0) is 28.5 Å². The molecule has 4 aliphatic carbocycles. The second-order valence-electron chi connectivity index (χ2n) is 13.6. The van der Waals surface area contributed by atoms with Crippen LogP contribution in [0.4, 0.5) is 0 Å². The molecular weight excluding hydrogens is 520 g/mol. The first kappa shape index (κ1) is 28.7. The summed E-state index contributed by atoms with van der Waals surface area (Å²) in [4.78, 5) is 24.8. The van der Waals surface area contributed by atoms with Crippen molar-refractivity contribution in [1.29, 1.82) is 0 Å². The zero-order chi connectivity index (χ0) is 28.7. The summed E-state index contributed by atoms with van der Waals surface area (Å²) in [6.45, 7) is 4.10. The van der Waals surface area contributed by atoms with Crippen molar-refractivity contribution in [3.63, 3.8) is 0 Å². The maximum Gasteiger partial charge on any atom is 0.331 e. The Hall–Kier alpha value is -1.40. The van der Waals surface area contributed by atoms with Gasteiger partial charge in [0.25, 0.3) is 0 Å². The molecule has 2 heterocycles. The monoisotopic (exact) mass is 564 g/mol. The highest BCUT2D eigenvalue weighted by Gasteiger charge is 2.71. The zero-order valence-corrected chi connectivity index (χ0v) is 23.7. The molecule has 0 amide bonds. The van der Waals surface area contributed by atoms with Gasteiger partial charge in [0, 0.05) is 25.0 Å². The van der Waals surface area contributed by atoms with Crippen molar-refractivity contribution in [2.75, 3.05) is 13.7 Å². The summed E-state index contributed by atoms with van der Waals surface area (Å²) in [6, 6.07) is 0. The average Bonchev–Trinajstić information content (AvgIpc) is 3.46. The van der Waals surface area contributed by atoms with E-state index in [1.54, 1.807) is 13.0 Å². The van der Waals surface area contributed by atoms with Crippen LogP contribution >= 0.6 is 0 Å². The van der Waals surface area contributed by atoms with Gasteiger partial charge in [0.15, 0.2) is 6.29 Å². The zero-order valence-electron chi connectivity index (χ0n) is 23.7. The van der Waals surface area contributed by atoms with Crippen LogP contribution in [0.1, 0.15) is 71.6 Å². The van der Waals surface area contributed by atoms with Gasteiger partial charge in [0.1, 0.15) is 31.2 Å². The second kappa shape index (κ2) is 9.82. The van der Waals surface area contributed by atoms with E-state index in [1.807, 2.05) is 0 Å². The van der Waals surface area contributed by atoms with Gasteiger partial charge >= 0.3 is 5.97 Å². The highest BCUT2D eigenvalue weighted by Crippen LogP contribution is 2.70. The third-order valence-electron chi connectivity index (χ3n) is 12.2. The Bertz CT molecular complexity index is 1060. The predicted molar refractivity (Wildman–Crippen MR) is 140 cm³/mol. The fourth-order valence-electron chi connectivity index (χ4n) is 10.0. The van der Waals surface area contributed by atoms with Crippen LogP contribution in [0.3, 0.4) is 0 Å². The summed E-state index contributed by atoms with van der Waals surface area (Å²) < 4.78 is 22.4. The minimum Gasteiger partial charge on any atom is -0.458 e. The molecule has 4 N–H and O–H groups in total. The Morgan fingerprint density at radius 3 is 2.45 bits per heavy atom. The Kier molecular flexibility index (Phi) is 7.05. The standard InChI is InChI=1S/C30H44O10/c1-16-23(33)25(37-3)24(34)26(39-16)40-18-4-9-28(15-31)20-5-8-27(2)19(17-12-22(32)38-14-17)7-11-30(27,36)21(20)6-10-29(28,35)13-18/h12,15-16,18-21,23-26,33-36H,4-11,13-14H2,1-3H3/t16-,18+,19-,20+,21-,23+,24-,25+,26+,27-,28+,29+,30+/m1/s1. The van der Waals surface area contributed by atoms with Gasteiger partial charge in [-0.3, -0.25) is 0 Å². The number of cyclic esters (lactones) is 1. The highest BCUT2D eigenvalue weighted by atomic mass is 16.7. The number of hydrogen-bond donors (Lipinski definition) is 4. The van der Waals surface area contributed by atoms with Crippen molar-refractivity contribution in [3.05, 3.63) is 11.6 Å². The van der Waals surface area contributed by atoms with Crippen LogP contribution in [0.15, 0.2) is 11.6 Å². The summed E-state index contributed by atoms with van der Waals surface area (Å²) >= 11 is 0. The second-order valence-corrected chi connectivity index (χ2v) is 13.6. The van der Waals surface area contributed by atoms with Crippen molar-refractivity contribution in [1.82, 2.24) is 0 Å². The van der Waals surface area contributed by atoms with E-state index in [0.29, 0.717) is 44.9 Å². The van der Waals surface area contributed by atoms with Crippen LogP contribution in [0.5, 0.6) is 0 Å². The number of rotatable bonds is 5. The quantitative estimate of drug-likeness (QED) is 0.219. The number of aldehydes is 1. The Morgan fingerprint density at radius 1 is 1.02 bits per heavy atom. The van der Waals surface area contributed by atoms with Crippen molar-refractivity contribution in [3.8, 4) is 0 Å². The van der Waals surface area contributed by atoms with Crippen LogP contribution in [0.2, 0.25) is 0 Å². The molecule has 40 heavy (non-hydrogen) atoms. The van der Waals surface area contributed by atoms with E-state index in [2.05, 4.69) is 6.92 Å². The first-order chi connectivity index (χ1) is 18.9. The summed E-state index contributed by atoms with van der Waals surface area (Å²) in [5, 5.41) is 45.6. The first-order valence-corrected chi connectivity index (χ1v) is 14.9. The van der Waals surface area contributed by atoms with Gasteiger partial charge in [-0.2, -0.15) is 0 Å². The van der Waals surface area contributed by atoms with E-state index in [9.17, 15) is 30.0 Å². The normalized spacial score (nSPS) is 54.1. The molecule has 224 valence electrons. The van der Waals surface area contributed by atoms with Crippen molar-refractivity contribution < 1.29 is 49.0 Å². The number of hydrogen-bond acceptors (Lipinski definition) is 10. The lowest BCUT2D eigenvalue weighted by Gasteiger charge is -2.65. The number of esters is 1. The lowest BCUT2D eigenvalue weighted by molar-refractivity contribution is -0.319. The minimum absolute atomic E-state index is 0.0563. The smallest absolute Gasteiger partial charge is 0.331 e. The highest BCUT2D eigenvalue weighted by molar-refractivity contribution is 5.85. The maximum atomic E-state index is 13.0. The molecule has 0 radical (unpaired) electrons. The van der Waals surface area contributed by atoms with Gasteiger partial charge in [0.05, 0.1) is 28.8 Å². The average molecular weight is 565 g/mol. The van der Waals surface area contributed by atoms with Gasteiger partial charge in [-0.05, 0) is 81.6 Å². The van der Waals surface area contributed by atoms with Crippen LogP contribution in [0, 0.1) is 28.6 Å². The molecule has 4 saturated carbocycles. The van der Waals surface area contributed by atoms with E-state index in [4.69, 9.17) is 18.9 Å². The molecule has 0 aromatic rings. The lowest BCUT2D eigenvalue weighted by atomic mass is 9.41. The van der Waals surface area contributed by atoms with E-state index >= 15 is 0 Å². The topological polar surface area (TPSA) is 152 Å². The Balaban J connectivity index is 1.22. The molecule has 0 unspecified atom stereocenters. The van der Waals surface area contributed by atoms with Crippen LogP contribution in [-0.4, -0.2) is 94.4 Å². The van der Waals surface area contributed by atoms with Crippen molar-refractivity contribution in [2.24, 2.45) is 28.6 Å².